The van der Waals surface area contributed by atoms with Crippen LogP contribution in [0.3, 0.4) is 0 Å². The van der Waals surface area contributed by atoms with Gasteiger partial charge in [0, 0.05) is 19.3 Å². The van der Waals surface area contributed by atoms with Crippen molar-refractivity contribution in [1.29, 1.82) is 0 Å². The maximum Gasteiger partial charge on any atom is 0.339 e. The van der Waals surface area contributed by atoms with E-state index in [1.54, 1.807) is 0 Å². The van der Waals surface area contributed by atoms with E-state index in [1.807, 2.05) is 0 Å². The van der Waals surface area contributed by atoms with Crippen LogP contribution in [0.4, 0.5) is 5.69 Å². The van der Waals surface area contributed by atoms with Crippen molar-refractivity contribution in [2.75, 3.05) is 33.1 Å². The van der Waals surface area contributed by atoms with Crippen LogP contribution in [0, 0.1) is 0 Å². The summed E-state index contributed by atoms with van der Waals surface area (Å²) in [7, 11) is -1.22. The Balaban J connectivity index is 3.16. The van der Waals surface area contributed by atoms with Crippen LogP contribution in [0.5, 0.6) is 0 Å². The fourth-order valence-corrected chi connectivity index (χ4v) is 2.64. The van der Waals surface area contributed by atoms with Crippen LogP contribution in [-0.4, -0.2) is 41.8 Å². The van der Waals surface area contributed by atoms with Gasteiger partial charge in [-0.25, -0.2) is 17.9 Å². The molecule has 0 atom stereocenters. The summed E-state index contributed by atoms with van der Waals surface area (Å²) in [4.78, 5) is 11.3. The summed E-state index contributed by atoms with van der Waals surface area (Å²) in [5.41, 5.74) is 5.72. The lowest BCUT2D eigenvalue weighted by molar-refractivity contribution is 0.0596. The minimum Gasteiger partial charge on any atom is -0.465 e. The second-order valence-corrected chi connectivity index (χ2v) is 5.37. The summed E-state index contributed by atoms with van der Waals surface area (Å²) < 4.78 is 35.7. The van der Waals surface area contributed by atoms with Gasteiger partial charge in [-0.2, -0.15) is 0 Å². The van der Waals surface area contributed by atoms with Gasteiger partial charge in [-0.15, -0.1) is 0 Å². The van der Waals surface area contributed by atoms with Gasteiger partial charge in [0.25, 0.3) is 0 Å². The van der Waals surface area contributed by atoms with Gasteiger partial charge >= 0.3 is 5.97 Å². The van der Waals surface area contributed by atoms with Crippen LogP contribution in [0.2, 0.25) is 0 Å². The molecule has 1 aromatic rings. The summed E-state index contributed by atoms with van der Waals surface area (Å²) in [5, 5.41) is 0. The number of hydrogen-bond acceptors (Lipinski definition) is 6. The lowest BCUT2D eigenvalue weighted by Crippen LogP contribution is -2.28. The summed E-state index contributed by atoms with van der Waals surface area (Å²) in [6.45, 7) is 0.309. The second-order valence-electron chi connectivity index (χ2n) is 3.64. The zero-order chi connectivity index (χ0) is 14.5. The lowest BCUT2D eigenvalue weighted by atomic mass is 10.2. The Morgan fingerprint density at radius 3 is 2.63 bits per heavy atom. The van der Waals surface area contributed by atoms with Crippen molar-refractivity contribution in [1.82, 2.24) is 4.72 Å². The highest BCUT2D eigenvalue weighted by atomic mass is 32.2. The van der Waals surface area contributed by atoms with Gasteiger partial charge < -0.3 is 15.2 Å². The molecule has 3 N–H and O–H groups in total. The lowest BCUT2D eigenvalue weighted by Gasteiger charge is -2.10. The first kappa shape index (κ1) is 15.4. The molecule has 1 rings (SSSR count). The van der Waals surface area contributed by atoms with Crippen LogP contribution in [0.1, 0.15) is 10.4 Å². The number of rotatable bonds is 6. The van der Waals surface area contributed by atoms with Crippen molar-refractivity contribution in [3.8, 4) is 0 Å². The predicted octanol–water partition coefficient (Wildman–Crippen LogP) is -0.0199. The number of carbonyl (C=O) groups excluding carboxylic acids is 1. The Morgan fingerprint density at radius 1 is 1.37 bits per heavy atom. The third-order valence-corrected chi connectivity index (χ3v) is 3.80. The predicted molar refractivity (Wildman–Crippen MR) is 69.3 cm³/mol. The number of carbonyl (C=O) groups is 1. The number of ether oxygens (including phenoxy) is 2. The van der Waals surface area contributed by atoms with Crippen LogP contribution >= 0.6 is 0 Å². The van der Waals surface area contributed by atoms with E-state index in [0.29, 0.717) is 0 Å². The minimum absolute atomic E-state index is 0.0679. The highest BCUT2D eigenvalue weighted by Gasteiger charge is 2.22. The van der Waals surface area contributed by atoms with Crippen molar-refractivity contribution in [3.63, 3.8) is 0 Å². The quantitative estimate of drug-likeness (QED) is 0.433. The van der Waals surface area contributed by atoms with E-state index in [9.17, 15) is 13.2 Å². The van der Waals surface area contributed by atoms with Gasteiger partial charge in [0.1, 0.15) is 0 Å². The Kier molecular flexibility index (Phi) is 5.28. The Labute approximate surface area is 111 Å². The topological polar surface area (TPSA) is 108 Å². The van der Waals surface area contributed by atoms with E-state index in [0.717, 1.165) is 0 Å². The van der Waals surface area contributed by atoms with Crippen molar-refractivity contribution in [2.24, 2.45) is 0 Å². The molecule has 8 heteroatoms. The number of anilines is 1. The molecule has 0 fully saturated rings. The maximum absolute atomic E-state index is 12.1. The molecule has 19 heavy (non-hydrogen) atoms. The fourth-order valence-electron chi connectivity index (χ4n) is 1.40. The molecule has 0 aliphatic heterocycles. The molecule has 0 spiro atoms. The molecule has 0 saturated carbocycles. The smallest absolute Gasteiger partial charge is 0.339 e. The molecule has 106 valence electrons. The number of benzene rings is 1. The van der Waals surface area contributed by atoms with Crippen molar-refractivity contribution in [2.45, 2.75) is 4.90 Å². The molecule has 0 unspecified atom stereocenters. The summed E-state index contributed by atoms with van der Waals surface area (Å²) in [6.07, 6.45) is 0. The van der Waals surface area contributed by atoms with E-state index in [-0.39, 0.29) is 29.3 Å². The van der Waals surface area contributed by atoms with Gasteiger partial charge in [0.2, 0.25) is 10.0 Å². The third kappa shape index (κ3) is 3.91. The van der Waals surface area contributed by atoms with Crippen LogP contribution in [-0.2, 0) is 19.5 Å². The largest absolute Gasteiger partial charge is 0.465 e. The summed E-state index contributed by atoms with van der Waals surface area (Å²) >= 11 is 0. The third-order valence-electron chi connectivity index (χ3n) is 2.30. The number of methoxy groups -OCH3 is 2. The van der Waals surface area contributed by atoms with Gasteiger partial charge in [-0.1, -0.05) is 0 Å². The van der Waals surface area contributed by atoms with Crippen LogP contribution in [0.15, 0.2) is 23.1 Å². The van der Waals surface area contributed by atoms with Gasteiger partial charge in [0.05, 0.1) is 24.2 Å². The van der Waals surface area contributed by atoms with E-state index in [1.165, 1.54) is 32.4 Å². The fraction of sp³-hybridized carbons (Fsp3) is 0.364. The van der Waals surface area contributed by atoms with E-state index in [4.69, 9.17) is 10.5 Å². The highest BCUT2D eigenvalue weighted by Crippen LogP contribution is 2.19. The number of nitrogen functional groups attached to an aromatic ring is 1. The maximum atomic E-state index is 12.1. The normalized spacial score (nSPS) is 11.3. The summed E-state index contributed by atoms with van der Waals surface area (Å²) in [6, 6.07) is 3.95. The molecule has 0 heterocycles. The first-order valence-corrected chi connectivity index (χ1v) is 6.87. The molecule has 0 bridgehead atoms. The first-order chi connectivity index (χ1) is 8.92. The standard InChI is InChI=1S/C11H16N2O5S/c1-17-6-5-13-19(15,16)10-7-8(12)3-4-9(10)11(14)18-2/h3-4,7,13H,5-6,12H2,1-2H3. The average molecular weight is 288 g/mol. The highest BCUT2D eigenvalue weighted by molar-refractivity contribution is 7.89. The van der Waals surface area contributed by atoms with Crippen LogP contribution in [0.25, 0.3) is 0 Å². The zero-order valence-corrected chi connectivity index (χ0v) is 11.5. The molecular formula is C11H16N2O5S. The van der Waals surface area contributed by atoms with Gasteiger partial charge in [-0.3, -0.25) is 0 Å². The number of nitrogens with one attached hydrogen (secondary N) is 1. The monoisotopic (exact) mass is 288 g/mol. The number of sulfonamides is 1. The van der Waals surface area contributed by atoms with E-state index < -0.39 is 16.0 Å². The average Bonchev–Trinajstić information content (AvgIpc) is 2.38. The van der Waals surface area contributed by atoms with E-state index in [2.05, 4.69) is 9.46 Å². The number of nitrogens with two attached hydrogens (primary N) is 1. The molecule has 0 aliphatic carbocycles. The van der Waals surface area contributed by atoms with Crippen molar-refractivity contribution < 1.29 is 22.7 Å². The zero-order valence-electron chi connectivity index (χ0n) is 10.7. The Hall–Kier alpha value is -1.64. The molecule has 0 aliphatic rings. The molecule has 0 amide bonds. The first-order valence-electron chi connectivity index (χ1n) is 5.39. The SMILES string of the molecule is COCCNS(=O)(=O)c1cc(N)ccc1C(=O)OC. The Morgan fingerprint density at radius 2 is 2.05 bits per heavy atom. The molecule has 0 aromatic heterocycles. The molecule has 7 nitrogen and oxygen atoms in total. The van der Waals surface area contributed by atoms with Gasteiger partial charge in [-0.05, 0) is 18.2 Å². The molecule has 0 radical (unpaired) electrons. The second kappa shape index (κ2) is 6.50. The number of esters is 1. The molecular weight excluding hydrogens is 272 g/mol. The van der Waals surface area contributed by atoms with E-state index >= 15 is 0 Å². The molecule has 1 aromatic carbocycles. The van der Waals surface area contributed by atoms with Crippen molar-refractivity contribution in [3.05, 3.63) is 23.8 Å². The summed E-state index contributed by atoms with van der Waals surface area (Å²) in [5.74, 6) is -0.743. The van der Waals surface area contributed by atoms with Gasteiger partial charge in [0.15, 0.2) is 0 Å². The van der Waals surface area contributed by atoms with Crippen LogP contribution < -0.4 is 10.5 Å². The molecule has 0 saturated heterocycles. The number of hydrogen-bond donors (Lipinski definition) is 2. The Bertz CT molecular complexity index is 556. The van der Waals surface area contributed by atoms with Crippen molar-refractivity contribution >= 4 is 21.7 Å². The minimum atomic E-state index is -3.85.